The molecule has 0 aromatic heterocycles. The maximum Gasteiger partial charge on any atom is 0.227 e. The van der Waals surface area contributed by atoms with Gasteiger partial charge in [-0.25, -0.2) is 4.39 Å². The van der Waals surface area contributed by atoms with Crippen LogP contribution in [0.5, 0.6) is 0 Å². The minimum absolute atomic E-state index is 0.0889. The first kappa shape index (κ1) is 19.4. The largest absolute Gasteiger partial charge is 0.387 e. The number of carbonyl (C=O) groups excluding carboxylic acids is 2. The molecule has 25 heavy (non-hydrogen) atoms. The maximum atomic E-state index is 12.9. The van der Waals surface area contributed by atoms with E-state index in [-0.39, 0.29) is 30.1 Å². The molecular formula is C19H27FN2O3. The van der Waals surface area contributed by atoms with Crippen molar-refractivity contribution in [1.29, 1.82) is 0 Å². The number of likely N-dealkylation sites (tertiary alicyclic amines) is 1. The van der Waals surface area contributed by atoms with Gasteiger partial charge in [0.25, 0.3) is 0 Å². The third-order valence-corrected chi connectivity index (χ3v) is 4.52. The number of benzene rings is 1. The Hall–Kier alpha value is -1.95. The van der Waals surface area contributed by atoms with Crippen LogP contribution in [0.3, 0.4) is 0 Å². The van der Waals surface area contributed by atoms with Gasteiger partial charge in [0.05, 0.1) is 6.10 Å². The van der Waals surface area contributed by atoms with Gasteiger partial charge in [-0.15, -0.1) is 0 Å². The Labute approximate surface area is 148 Å². The molecule has 1 aliphatic rings. The summed E-state index contributed by atoms with van der Waals surface area (Å²) in [5.74, 6) is -0.511. The molecule has 1 aromatic rings. The average Bonchev–Trinajstić information content (AvgIpc) is 2.58. The van der Waals surface area contributed by atoms with Crippen LogP contribution in [0, 0.1) is 17.2 Å². The van der Waals surface area contributed by atoms with Gasteiger partial charge in [-0.1, -0.05) is 32.9 Å². The number of amides is 2. The van der Waals surface area contributed by atoms with E-state index in [1.165, 1.54) is 24.3 Å². The van der Waals surface area contributed by atoms with Gasteiger partial charge < -0.3 is 15.3 Å². The normalized spacial score (nSPS) is 17.2. The zero-order valence-corrected chi connectivity index (χ0v) is 15.1. The van der Waals surface area contributed by atoms with Crippen molar-refractivity contribution in [1.82, 2.24) is 10.2 Å². The molecule has 5 nitrogen and oxygen atoms in total. The fourth-order valence-corrected chi connectivity index (χ4v) is 2.96. The molecule has 1 heterocycles. The minimum atomic E-state index is -0.868. The summed E-state index contributed by atoms with van der Waals surface area (Å²) in [7, 11) is 0. The van der Waals surface area contributed by atoms with Crippen LogP contribution in [0.1, 0.15) is 45.3 Å². The first-order valence-electron chi connectivity index (χ1n) is 8.69. The van der Waals surface area contributed by atoms with E-state index in [2.05, 4.69) is 5.32 Å². The molecule has 2 rings (SSSR count). The van der Waals surface area contributed by atoms with Crippen LogP contribution < -0.4 is 5.32 Å². The van der Waals surface area contributed by atoms with Gasteiger partial charge in [0, 0.05) is 31.0 Å². The molecule has 1 fully saturated rings. The highest BCUT2D eigenvalue weighted by Crippen LogP contribution is 2.23. The summed E-state index contributed by atoms with van der Waals surface area (Å²) in [6.45, 7) is 6.93. The number of rotatable bonds is 4. The Kier molecular flexibility index (Phi) is 6.16. The summed E-state index contributed by atoms with van der Waals surface area (Å²) >= 11 is 0. The molecule has 138 valence electrons. The highest BCUT2D eigenvalue weighted by Gasteiger charge is 2.32. The predicted octanol–water partition coefficient (Wildman–Crippen LogP) is 2.26. The lowest BCUT2D eigenvalue weighted by atomic mass is 9.90. The number of hydrogen-bond acceptors (Lipinski definition) is 3. The van der Waals surface area contributed by atoms with Crippen LogP contribution in [0.4, 0.5) is 4.39 Å². The Bertz CT molecular complexity index is 602. The number of piperidine rings is 1. The molecule has 1 atom stereocenters. The fourth-order valence-electron chi connectivity index (χ4n) is 2.96. The number of hydrogen-bond donors (Lipinski definition) is 2. The van der Waals surface area contributed by atoms with Crippen molar-refractivity contribution in [3.63, 3.8) is 0 Å². The van der Waals surface area contributed by atoms with Gasteiger partial charge in [-0.3, -0.25) is 9.59 Å². The lowest BCUT2D eigenvalue weighted by Gasteiger charge is -2.35. The molecule has 0 aliphatic carbocycles. The summed E-state index contributed by atoms with van der Waals surface area (Å²) < 4.78 is 12.9. The minimum Gasteiger partial charge on any atom is -0.387 e. The second-order valence-electron chi connectivity index (χ2n) is 7.63. The van der Waals surface area contributed by atoms with Crippen molar-refractivity contribution in [2.45, 2.75) is 39.7 Å². The lowest BCUT2D eigenvalue weighted by Crippen LogP contribution is -2.47. The molecule has 0 radical (unpaired) electrons. The molecule has 0 saturated carbocycles. The first-order chi connectivity index (χ1) is 11.7. The van der Waals surface area contributed by atoms with Crippen LogP contribution in [0.2, 0.25) is 0 Å². The highest BCUT2D eigenvalue weighted by atomic mass is 19.1. The number of aliphatic hydroxyl groups is 1. The second-order valence-corrected chi connectivity index (χ2v) is 7.63. The number of halogens is 1. The van der Waals surface area contributed by atoms with E-state index in [4.69, 9.17) is 0 Å². The molecule has 1 aromatic carbocycles. The Morgan fingerprint density at radius 3 is 2.32 bits per heavy atom. The first-order valence-corrected chi connectivity index (χ1v) is 8.69. The molecule has 1 saturated heterocycles. The second kappa shape index (κ2) is 7.95. The van der Waals surface area contributed by atoms with E-state index in [1.807, 2.05) is 25.7 Å². The topological polar surface area (TPSA) is 69.6 Å². The Morgan fingerprint density at radius 1 is 1.24 bits per heavy atom. The van der Waals surface area contributed by atoms with Crippen LogP contribution in [-0.2, 0) is 9.59 Å². The molecule has 1 unspecified atom stereocenters. The van der Waals surface area contributed by atoms with Crippen LogP contribution in [0.15, 0.2) is 24.3 Å². The summed E-state index contributed by atoms with van der Waals surface area (Å²) in [5.41, 5.74) is 0.154. The number of nitrogens with zero attached hydrogens (tertiary/aromatic N) is 1. The third kappa shape index (κ3) is 5.26. The van der Waals surface area contributed by atoms with E-state index in [0.717, 1.165) is 0 Å². The summed E-state index contributed by atoms with van der Waals surface area (Å²) in [4.78, 5) is 26.3. The molecule has 0 spiro atoms. The smallest absolute Gasteiger partial charge is 0.227 e. The highest BCUT2D eigenvalue weighted by molar-refractivity contribution is 5.82. The van der Waals surface area contributed by atoms with Crippen LogP contribution >= 0.6 is 0 Å². The Balaban J connectivity index is 1.79. The average molecular weight is 350 g/mol. The SMILES string of the molecule is CC(C)(C)C(=O)N1CCC(C(=O)NCC(O)c2ccc(F)cc2)CC1. The van der Waals surface area contributed by atoms with Crippen molar-refractivity contribution < 1.29 is 19.1 Å². The predicted molar refractivity (Wildman–Crippen MR) is 93.1 cm³/mol. The van der Waals surface area contributed by atoms with Crippen molar-refractivity contribution in [2.24, 2.45) is 11.3 Å². The monoisotopic (exact) mass is 350 g/mol. The third-order valence-electron chi connectivity index (χ3n) is 4.52. The molecule has 6 heteroatoms. The standard InChI is InChI=1S/C19H27FN2O3/c1-19(2,3)18(25)22-10-8-14(9-11-22)17(24)21-12-16(23)13-4-6-15(20)7-5-13/h4-7,14,16,23H,8-12H2,1-3H3,(H,21,24). The van der Waals surface area contributed by atoms with E-state index in [0.29, 0.717) is 31.5 Å². The van der Waals surface area contributed by atoms with Crippen molar-refractivity contribution >= 4 is 11.8 Å². The maximum absolute atomic E-state index is 12.9. The zero-order valence-electron chi connectivity index (χ0n) is 15.1. The van der Waals surface area contributed by atoms with Gasteiger partial charge in [-0.05, 0) is 30.5 Å². The van der Waals surface area contributed by atoms with Crippen molar-refractivity contribution in [3.8, 4) is 0 Å². The Morgan fingerprint density at radius 2 is 1.80 bits per heavy atom. The molecule has 0 bridgehead atoms. The molecule has 1 aliphatic heterocycles. The quantitative estimate of drug-likeness (QED) is 0.875. The van der Waals surface area contributed by atoms with E-state index in [9.17, 15) is 19.1 Å². The molecular weight excluding hydrogens is 323 g/mol. The van der Waals surface area contributed by atoms with Gasteiger partial charge >= 0.3 is 0 Å². The van der Waals surface area contributed by atoms with Gasteiger partial charge in [0.15, 0.2) is 0 Å². The van der Waals surface area contributed by atoms with Crippen LogP contribution in [0.25, 0.3) is 0 Å². The van der Waals surface area contributed by atoms with E-state index in [1.54, 1.807) is 0 Å². The van der Waals surface area contributed by atoms with Crippen molar-refractivity contribution in [3.05, 3.63) is 35.6 Å². The van der Waals surface area contributed by atoms with E-state index < -0.39 is 11.5 Å². The fraction of sp³-hybridized carbons (Fsp3) is 0.579. The van der Waals surface area contributed by atoms with E-state index >= 15 is 0 Å². The number of aliphatic hydroxyl groups excluding tert-OH is 1. The number of nitrogens with one attached hydrogen (secondary N) is 1. The molecule has 2 amide bonds. The van der Waals surface area contributed by atoms with Crippen LogP contribution in [-0.4, -0.2) is 41.5 Å². The van der Waals surface area contributed by atoms with Gasteiger partial charge in [0.2, 0.25) is 11.8 Å². The zero-order chi connectivity index (χ0) is 18.6. The van der Waals surface area contributed by atoms with Crippen molar-refractivity contribution in [2.75, 3.05) is 19.6 Å². The summed E-state index contributed by atoms with van der Waals surface area (Å²) in [6, 6.07) is 5.57. The number of carbonyl (C=O) groups is 2. The van der Waals surface area contributed by atoms with Gasteiger partial charge in [0.1, 0.15) is 5.82 Å². The summed E-state index contributed by atoms with van der Waals surface area (Å²) in [5, 5.41) is 12.8. The lowest BCUT2D eigenvalue weighted by molar-refractivity contribution is -0.142. The summed E-state index contributed by atoms with van der Waals surface area (Å²) in [6.07, 6.45) is 0.382. The van der Waals surface area contributed by atoms with Gasteiger partial charge in [-0.2, -0.15) is 0 Å². The molecule has 2 N–H and O–H groups in total.